The molecule has 25 heavy (non-hydrogen) atoms. The van der Waals surface area contributed by atoms with Gasteiger partial charge < -0.3 is 14.2 Å². The summed E-state index contributed by atoms with van der Waals surface area (Å²) in [5.41, 5.74) is 1.63. The van der Waals surface area contributed by atoms with E-state index in [0.29, 0.717) is 31.1 Å². The van der Waals surface area contributed by atoms with Gasteiger partial charge in [0.1, 0.15) is 11.6 Å². The lowest BCUT2D eigenvalue weighted by Gasteiger charge is -2.31. The molecule has 2 aliphatic rings. The Kier molecular flexibility index (Phi) is 4.03. The number of fused-ring (bicyclic) bond motifs is 1. The third kappa shape index (κ3) is 3.04. The molecule has 5 nitrogen and oxygen atoms in total. The van der Waals surface area contributed by atoms with Crippen molar-refractivity contribution < 1.29 is 18.4 Å². The fourth-order valence-electron chi connectivity index (χ4n) is 3.68. The van der Waals surface area contributed by atoms with Crippen LogP contribution in [-0.4, -0.2) is 29.8 Å². The maximum absolute atomic E-state index is 13.6. The van der Waals surface area contributed by atoms with Crippen LogP contribution in [0, 0.1) is 11.7 Å². The van der Waals surface area contributed by atoms with Crippen LogP contribution in [0.3, 0.4) is 0 Å². The average molecular weight is 342 g/mol. The minimum Gasteiger partial charge on any atom is -0.467 e. The minimum absolute atomic E-state index is 0.0498. The molecule has 2 amide bonds. The molecule has 1 aromatic heterocycles. The summed E-state index contributed by atoms with van der Waals surface area (Å²) in [4.78, 5) is 28.5. The molecule has 1 atom stereocenters. The van der Waals surface area contributed by atoms with Crippen LogP contribution in [0.1, 0.15) is 24.2 Å². The lowest BCUT2D eigenvalue weighted by atomic mass is 9.99. The lowest BCUT2D eigenvalue weighted by Crippen LogP contribution is -2.40. The fraction of sp³-hybridized carbons (Fsp3) is 0.368. The number of likely N-dealkylation sites (tertiary alicyclic amines) is 1. The molecule has 0 radical (unpaired) electrons. The van der Waals surface area contributed by atoms with Crippen LogP contribution in [0.15, 0.2) is 41.0 Å². The summed E-state index contributed by atoms with van der Waals surface area (Å²) < 4.78 is 18.9. The first-order chi connectivity index (χ1) is 12.1. The highest BCUT2D eigenvalue weighted by Gasteiger charge is 2.38. The molecule has 0 N–H and O–H groups in total. The van der Waals surface area contributed by atoms with Gasteiger partial charge in [0.25, 0.3) is 0 Å². The quantitative estimate of drug-likeness (QED) is 0.862. The number of benzene rings is 1. The third-order valence-electron chi connectivity index (χ3n) is 4.92. The van der Waals surface area contributed by atoms with Crippen molar-refractivity contribution >= 4 is 17.5 Å². The van der Waals surface area contributed by atoms with Crippen molar-refractivity contribution in [2.75, 3.05) is 18.0 Å². The predicted molar refractivity (Wildman–Crippen MR) is 89.3 cm³/mol. The van der Waals surface area contributed by atoms with E-state index >= 15 is 0 Å². The number of halogens is 1. The molecule has 1 fully saturated rings. The van der Waals surface area contributed by atoms with Crippen LogP contribution in [0.4, 0.5) is 10.1 Å². The molecule has 4 rings (SSSR count). The Morgan fingerprint density at radius 3 is 3.00 bits per heavy atom. The smallest absolute Gasteiger partial charge is 0.232 e. The molecule has 0 saturated carbocycles. The largest absolute Gasteiger partial charge is 0.467 e. The summed E-state index contributed by atoms with van der Waals surface area (Å²) in [6.07, 6.45) is 3.45. The molecule has 130 valence electrons. The van der Waals surface area contributed by atoms with Crippen molar-refractivity contribution in [1.82, 2.24) is 4.90 Å². The molecule has 1 saturated heterocycles. The number of hydrogen-bond acceptors (Lipinski definition) is 3. The lowest BCUT2D eigenvalue weighted by molar-refractivity contribution is -0.129. The number of amides is 2. The summed E-state index contributed by atoms with van der Waals surface area (Å²) in [6.45, 7) is 1.32. The van der Waals surface area contributed by atoms with Crippen molar-refractivity contribution in [2.24, 2.45) is 5.92 Å². The van der Waals surface area contributed by atoms with E-state index in [1.807, 2.05) is 6.07 Å². The summed E-state index contributed by atoms with van der Waals surface area (Å²) in [6, 6.07) is 8.18. The highest BCUT2D eigenvalue weighted by atomic mass is 19.1. The van der Waals surface area contributed by atoms with Crippen LogP contribution in [0.2, 0.25) is 0 Å². The van der Waals surface area contributed by atoms with Gasteiger partial charge in [0.05, 0.1) is 18.7 Å². The zero-order chi connectivity index (χ0) is 17.4. The van der Waals surface area contributed by atoms with E-state index in [1.54, 1.807) is 28.2 Å². The van der Waals surface area contributed by atoms with Gasteiger partial charge in [-0.3, -0.25) is 9.59 Å². The van der Waals surface area contributed by atoms with Gasteiger partial charge in [-0.25, -0.2) is 4.39 Å². The Labute approximate surface area is 145 Å². The van der Waals surface area contributed by atoms with Crippen molar-refractivity contribution in [2.45, 2.75) is 25.8 Å². The van der Waals surface area contributed by atoms with E-state index in [0.717, 1.165) is 18.4 Å². The normalized spacial score (nSPS) is 20.0. The van der Waals surface area contributed by atoms with Crippen LogP contribution >= 0.6 is 0 Å². The monoisotopic (exact) mass is 342 g/mol. The number of nitrogens with zero attached hydrogens (tertiary/aromatic N) is 2. The molecule has 3 heterocycles. The zero-order valence-electron chi connectivity index (χ0n) is 13.8. The highest BCUT2D eigenvalue weighted by Crippen LogP contribution is 2.31. The summed E-state index contributed by atoms with van der Waals surface area (Å²) in [5.74, 6) is -0.183. The zero-order valence-corrected chi connectivity index (χ0v) is 13.8. The Balaban J connectivity index is 1.51. The number of carbonyl (C=O) groups excluding carboxylic acids is 2. The van der Waals surface area contributed by atoms with Gasteiger partial charge in [-0.15, -0.1) is 0 Å². The topological polar surface area (TPSA) is 53.8 Å². The van der Waals surface area contributed by atoms with Crippen LogP contribution in [-0.2, 0) is 22.6 Å². The number of carbonyl (C=O) groups is 2. The highest BCUT2D eigenvalue weighted by molar-refractivity contribution is 5.99. The molecule has 2 aromatic rings. The number of aryl methyl sites for hydroxylation is 1. The average Bonchev–Trinajstić information content (AvgIpc) is 3.24. The second-order valence-corrected chi connectivity index (χ2v) is 6.62. The van der Waals surface area contributed by atoms with Gasteiger partial charge in [0.2, 0.25) is 11.8 Å². The van der Waals surface area contributed by atoms with Gasteiger partial charge in [-0.1, -0.05) is 6.07 Å². The first-order valence-electron chi connectivity index (χ1n) is 8.52. The minimum atomic E-state index is -0.392. The van der Waals surface area contributed by atoms with Crippen LogP contribution < -0.4 is 4.90 Å². The van der Waals surface area contributed by atoms with Gasteiger partial charge in [0, 0.05) is 25.2 Å². The fourth-order valence-corrected chi connectivity index (χ4v) is 3.68. The Morgan fingerprint density at radius 1 is 1.32 bits per heavy atom. The Morgan fingerprint density at radius 2 is 2.20 bits per heavy atom. The number of furan rings is 1. The first kappa shape index (κ1) is 15.9. The Hall–Kier alpha value is -2.63. The summed E-state index contributed by atoms with van der Waals surface area (Å²) in [7, 11) is 0. The molecule has 1 aromatic carbocycles. The Bertz CT molecular complexity index is 803. The van der Waals surface area contributed by atoms with Crippen molar-refractivity contribution in [1.29, 1.82) is 0 Å². The molecule has 2 aliphatic heterocycles. The van der Waals surface area contributed by atoms with E-state index in [-0.39, 0.29) is 24.1 Å². The van der Waals surface area contributed by atoms with E-state index in [1.165, 1.54) is 12.1 Å². The molecule has 0 spiro atoms. The van der Waals surface area contributed by atoms with E-state index in [4.69, 9.17) is 4.42 Å². The molecule has 0 unspecified atom stereocenters. The van der Waals surface area contributed by atoms with E-state index in [2.05, 4.69) is 0 Å². The van der Waals surface area contributed by atoms with Crippen LogP contribution in [0.25, 0.3) is 0 Å². The number of rotatable bonds is 3. The van der Waals surface area contributed by atoms with Crippen molar-refractivity contribution in [3.63, 3.8) is 0 Å². The third-order valence-corrected chi connectivity index (χ3v) is 4.92. The number of hydrogen-bond donors (Lipinski definition) is 0. The summed E-state index contributed by atoms with van der Waals surface area (Å²) in [5, 5.41) is 0. The number of anilines is 1. The predicted octanol–water partition coefficient (Wildman–Crippen LogP) is 2.75. The van der Waals surface area contributed by atoms with Crippen LogP contribution in [0.5, 0.6) is 0 Å². The van der Waals surface area contributed by atoms with Gasteiger partial charge in [-0.05, 0) is 42.7 Å². The SMILES string of the molecule is O=C1C[C@H](C(=O)N2CCCc3ccc(F)cc32)CN1Cc1ccco1. The van der Waals surface area contributed by atoms with Crippen molar-refractivity contribution in [3.8, 4) is 0 Å². The second-order valence-electron chi connectivity index (χ2n) is 6.62. The molecule has 0 aliphatic carbocycles. The van der Waals surface area contributed by atoms with Gasteiger partial charge >= 0.3 is 0 Å². The van der Waals surface area contributed by atoms with E-state index < -0.39 is 5.92 Å². The maximum atomic E-state index is 13.6. The van der Waals surface area contributed by atoms with Gasteiger partial charge in [0.15, 0.2) is 0 Å². The molecular formula is C19H19FN2O3. The standard InChI is InChI=1S/C19H19FN2O3/c20-15-6-5-13-3-1-7-22(17(13)10-15)19(24)14-9-18(23)21(11-14)12-16-4-2-8-25-16/h2,4-6,8,10,14H,1,3,7,9,11-12H2/t14-/m0/s1. The van der Waals surface area contributed by atoms with E-state index in [9.17, 15) is 14.0 Å². The molecular weight excluding hydrogens is 323 g/mol. The molecule has 6 heteroatoms. The van der Waals surface area contributed by atoms with Gasteiger partial charge in [-0.2, -0.15) is 0 Å². The molecule has 0 bridgehead atoms. The summed E-state index contributed by atoms with van der Waals surface area (Å²) >= 11 is 0. The second kappa shape index (κ2) is 6.35. The maximum Gasteiger partial charge on any atom is 0.232 e. The van der Waals surface area contributed by atoms with Crippen molar-refractivity contribution in [3.05, 3.63) is 53.7 Å². The first-order valence-corrected chi connectivity index (χ1v) is 8.52.